The average molecular weight is 1010 g/mol. The molecule has 4 rings (SSSR count). The number of ether oxygens (including phenoxy) is 2. The van der Waals surface area contributed by atoms with E-state index in [1.807, 2.05) is 0 Å². The predicted octanol–water partition coefficient (Wildman–Crippen LogP) is 5.30. The summed E-state index contributed by atoms with van der Waals surface area (Å²) >= 11 is 0. The number of para-hydroxylation sites is 2. The molecule has 0 heterocycles. The van der Waals surface area contributed by atoms with Crippen LogP contribution in [0.3, 0.4) is 0 Å². The molecule has 27 heteroatoms. The minimum Gasteiger partial charge on any atom is -0.744 e. The van der Waals surface area contributed by atoms with Crippen LogP contribution in [0.15, 0.2) is 103 Å². The fourth-order valence-corrected chi connectivity index (χ4v) is 5.99. The molecule has 316 valence electrons. The number of anilines is 2. The van der Waals surface area contributed by atoms with Gasteiger partial charge in [0.2, 0.25) is 11.8 Å². The molecular weight excluding hydrogens is 978 g/mol. The van der Waals surface area contributed by atoms with E-state index >= 15 is 0 Å². The summed E-state index contributed by atoms with van der Waals surface area (Å²) < 4.78 is 77.9. The van der Waals surface area contributed by atoms with Crippen molar-refractivity contribution in [2.75, 3.05) is 24.9 Å². The Morgan fingerprint density at radius 1 is 0.590 bits per heavy atom. The summed E-state index contributed by atoms with van der Waals surface area (Å²) in [5.41, 5.74) is -2.73. The maximum atomic E-state index is 11.9. The largest absolute Gasteiger partial charge is 2.00 e. The topological polar surface area (TPSA) is 361 Å². The van der Waals surface area contributed by atoms with Crippen molar-refractivity contribution < 1.29 is 64.4 Å². The number of benzene rings is 4. The number of nitrogens with zero attached hydrogens (tertiary/aromatic N) is 6. The van der Waals surface area contributed by atoms with Crippen molar-refractivity contribution in [3.63, 3.8) is 0 Å². The normalized spacial score (nSPS) is 11.1. The first kappa shape index (κ1) is 51.3. The van der Waals surface area contributed by atoms with Gasteiger partial charge in [0.25, 0.3) is 0 Å². The first-order valence-electron chi connectivity index (χ1n) is 16.3. The molecule has 2 amide bonds. The van der Waals surface area contributed by atoms with Crippen molar-refractivity contribution in [3.8, 4) is 11.5 Å². The number of carbonyl (C=O) groups excluding carboxylic acids is 4. The molecule has 61 heavy (non-hydrogen) atoms. The molecule has 24 nitrogen and oxygen atoms in total. The second-order valence-corrected chi connectivity index (χ2v) is 14.4. The van der Waals surface area contributed by atoms with Gasteiger partial charge < -0.3 is 29.2 Å². The van der Waals surface area contributed by atoms with E-state index in [1.54, 1.807) is 0 Å². The Bertz CT molecular complexity index is 2480. The SMILES string of the molecule is COc1ccc(N=Nc2cccc(S(=O)(=O)[O-])c2[N+](=O)[O-])c(NC(=O)CC(C)=O)c1.COc1ccc(N=Nc2cccc(S(=O)(=O)[O-])c2[N+](=O)[O-])c(NC(=O)CC(C)=O)c1.[Ba+2]. The van der Waals surface area contributed by atoms with Crippen LogP contribution in [0.2, 0.25) is 0 Å². The van der Waals surface area contributed by atoms with Crippen molar-refractivity contribution in [2.45, 2.75) is 36.5 Å². The minimum absolute atomic E-state index is 0. The van der Waals surface area contributed by atoms with E-state index in [1.165, 1.54) is 64.5 Å². The second kappa shape index (κ2) is 22.7. The van der Waals surface area contributed by atoms with Gasteiger partial charge in [0.15, 0.2) is 11.4 Å². The number of carbonyl (C=O) groups is 4. The van der Waals surface area contributed by atoms with Gasteiger partial charge in [-0.1, -0.05) is 12.1 Å². The molecule has 0 radical (unpaired) electrons. The first-order valence-corrected chi connectivity index (χ1v) is 19.1. The fraction of sp³-hybridized carbons (Fsp3) is 0.176. The zero-order valence-corrected chi connectivity index (χ0v) is 38.2. The molecule has 0 aliphatic rings. The number of Topliss-reactive ketones (excluding diaryl/α,β-unsaturated/α-hetero) is 2. The molecule has 0 aliphatic carbocycles. The number of amides is 2. The molecule has 0 spiro atoms. The van der Waals surface area contributed by atoms with Crippen LogP contribution in [0.4, 0.5) is 45.5 Å². The third-order valence-electron chi connectivity index (χ3n) is 7.16. The molecule has 0 aromatic heterocycles. The zero-order valence-electron chi connectivity index (χ0n) is 32.1. The van der Waals surface area contributed by atoms with E-state index in [4.69, 9.17) is 9.47 Å². The van der Waals surface area contributed by atoms with E-state index in [-0.39, 0.29) is 96.0 Å². The number of nitro benzene ring substituents is 2. The van der Waals surface area contributed by atoms with Crippen LogP contribution in [0, 0.1) is 20.2 Å². The number of methoxy groups -OCH3 is 2. The molecule has 0 aliphatic heterocycles. The molecule has 0 fully saturated rings. The van der Waals surface area contributed by atoms with Gasteiger partial charge in [-0.3, -0.25) is 39.4 Å². The number of nitro groups is 2. The van der Waals surface area contributed by atoms with Gasteiger partial charge >= 0.3 is 60.3 Å². The summed E-state index contributed by atoms with van der Waals surface area (Å²) in [5.74, 6) is -1.31. The van der Waals surface area contributed by atoms with Gasteiger partial charge in [0.1, 0.15) is 64.5 Å². The van der Waals surface area contributed by atoms with Crippen LogP contribution in [0.25, 0.3) is 0 Å². The van der Waals surface area contributed by atoms with Gasteiger partial charge in [0.05, 0.1) is 48.3 Å². The third-order valence-corrected chi connectivity index (χ3v) is 8.90. The van der Waals surface area contributed by atoms with Gasteiger partial charge in [-0.25, -0.2) is 16.8 Å². The Morgan fingerprint density at radius 3 is 1.20 bits per heavy atom. The van der Waals surface area contributed by atoms with Crippen molar-refractivity contribution in [1.29, 1.82) is 0 Å². The van der Waals surface area contributed by atoms with Crippen molar-refractivity contribution in [2.24, 2.45) is 20.5 Å². The van der Waals surface area contributed by atoms with E-state index < -0.39 is 74.4 Å². The summed E-state index contributed by atoms with van der Waals surface area (Å²) in [5, 5.41) is 42.5. The maximum Gasteiger partial charge on any atom is 2.00 e. The Kier molecular flexibility index (Phi) is 19.1. The Morgan fingerprint density at radius 2 is 0.918 bits per heavy atom. The van der Waals surface area contributed by atoms with E-state index in [0.29, 0.717) is 11.5 Å². The number of hydrogen-bond donors (Lipinski definition) is 2. The molecular formula is C34H30BaN8O16S2. The first-order chi connectivity index (χ1) is 28.0. The van der Waals surface area contributed by atoms with Crippen LogP contribution in [0.1, 0.15) is 26.7 Å². The molecule has 0 saturated heterocycles. The molecule has 4 aromatic carbocycles. The van der Waals surface area contributed by atoms with E-state index in [9.17, 15) is 65.3 Å². The molecule has 2 N–H and O–H groups in total. The van der Waals surface area contributed by atoms with Crippen LogP contribution >= 0.6 is 0 Å². The molecule has 0 bridgehead atoms. The van der Waals surface area contributed by atoms with Crippen molar-refractivity contribution >= 4 is 138 Å². The van der Waals surface area contributed by atoms with Gasteiger partial charge in [0, 0.05) is 12.1 Å². The minimum atomic E-state index is -5.13. The van der Waals surface area contributed by atoms with Crippen LogP contribution in [0.5, 0.6) is 11.5 Å². The second-order valence-electron chi connectivity index (χ2n) is 11.7. The quantitative estimate of drug-likeness (QED) is 0.0359. The van der Waals surface area contributed by atoms with Gasteiger partial charge in [-0.2, -0.15) is 0 Å². The molecule has 0 atom stereocenters. The Balaban J connectivity index is 0.000000413. The van der Waals surface area contributed by atoms with Gasteiger partial charge in [-0.15, -0.1) is 20.5 Å². The smallest absolute Gasteiger partial charge is 0.744 e. The maximum absolute atomic E-state index is 11.9. The number of ketones is 2. The monoisotopic (exact) mass is 1010 g/mol. The predicted molar refractivity (Wildman–Crippen MR) is 210 cm³/mol. The Hall–Kier alpha value is -5.85. The Labute approximate surface area is 385 Å². The average Bonchev–Trinajstić information content (AvgIpc) is 3.15. The van der Waals surface area contributed by atoms with E-state index in [2.05, 4.69) is 31.1 Å². The molecule has 0 unspecified atom stereocenters. The van der Waals surface area contributed by atoms with Crippen molar-refractivity contribution in [3.05, 3.63) is 93.0 Å². The number of rotatable bonds is 16. The number of nitrogens with one attached hydrogen (secondary N) is 2. The standard InChI is InChI=1S/2C17H16N4O8S.Ba/c2*1-10(22)8-16(23)18-14-9-11(29-2)6-7-12(14)19-20-13-4-3-5-15(30(26,27)28)17(13)21(24)25;/h2*3-7,9H,8H2,1-2H3,(H,18,23)(H,26,27,28);/q;;+2/p-2. The van der Waals surface area contributed by atoms with Crippen LogP contribution in [-0.4, -0.2) is 122 Å². The van der Waals surface area contributed by atoms with Crippen molar-refractivity contribution in [1.82, 2.24) is 0 Å². The number of hydrogen-bond acceptors (Lipinski definition) is 20. The van der Waals surface area contributed by atoms with Gasteiger partial charge in [-0.05, 0) is 62.4 Å². The summed E-state index contributed by atoms with van der Waals surface area (Å²) in [7, 11) is -7.49. The summed E-state index contributed by atoms with van der Waals surface area (Å²) in [6, 6.07) is 14.5. The summed E-state index contributed by atoms with van der Waals surface area (Å²) in [4.78, 5) is 64.4. The number of azo groups is 2. The molecule has 4 aromatic rings. The third kappa shape index (κ3) is 15.3. The zero-order chi connectivity index (χ0) is 44.9. The van der Waals surface area contributed by atoms with Crippen LogP contribution in [-0.2, 0) is 39.4 Å². The molecule has 0 saturated carbocycles. The van der Waals surface area contributed by atoms with E-state index in [0.717, 1.165) is 36.4 Å². The summed E-state index contributed by atoms with van der Waals surface area (Å²) in [6.07, 6.45) is -0.772. The fourth-order valence-electron chi connectivity index (χ4n) is 4.67. The summed E-state index contributed by atoms with van der Waals surface area (Å²) in [6.45, 7) is 2.48. The van der Waals surface area contributed by atoms with Crippen LogP contribution < -0.4 is 20.1 Å².